The molecule has 5 nitrogen and oxygen atoms in total. The molecule has 0 saturated carbocycles. The smallest absolute Gasteiger partial charge is 0.337 e. The second-order valence-electron chi connectivity index (χ2n) is 5.84. The topological polar surface area (TPSA) is 58.6 Å². The molecule has 0 saturated heterocycles. The Morgan fingerprint density at radius 2 is 1.83 bits per heavy atom. The normalized spacial score (nSPS) is 10.5. The number of nitrogens with one attached hydrogen (secondary N) is 1. The highest BCUT2D eigenvalue weighted by Gasteiger charge is 2.15. The number of ether oxygens (including phenoxy) is 1. The number of benzene rings is 1. The highest BCUT2D eigenvalue weighted by Crippen LogP contribution is 2.07. The quantitative estimate of drug-likeness (QED) is 0.588. The molecular formula is C18H28N2O3. The van der Waals surface area contributed by atoms with Crippen LogP contribution >= 0.6 is 0 Å². The molecular weight excluding hydrogens is 292 g/mol. The van der Waals surface area contributed by atoms with Crippen LogP contribution in [0, 0.1) is 0 Å². The summed E-state index contributed by atoms with van der Waals surface area (Å²) in [5.41, 5.74) is 1.45. The summed E-state index contributed by atoms with van der Waals surface area (Å²) in [7, 11) is 1.36. The number of nitrogens with zero attached hydrogens (tertiary/aromatic N) is 1. The lowest BCUT2D eigenvalue weighted by molar-refractivity contribution is 0.0600. The Labute approximate surface area is 139 Å². The van der Waals surface area contributed by atoms with Crippen LogP contribution in [-0.2, 0) is 11.3 Å². The Kier molecular flexibility index (Phi) is 8.16. The predicted octanol–water partition coefficient (Wildman–Crippen LogP) is 3.58. The van der Waals surface area contributed by atoms with Crippen molar-refractivity contribution in [3.63, 3.8) is 0 Å². The molecule has 0 heterocycles. The van der Waals surface area contributed by atoms with Crippen molar-refractivity contribution in [2.45, 2.75) is 52.6 Å². The molecule has 0 radical (unpaired) electrons. The zero-order valence-corrected chi connectivity index (χ0v) is 14.6. The Hall–Kier alpha value is -2.04. The monoisotopic (exact) mass is 320 g/mol. The zero-order valence-electron chi connectivity index (χ0n) is 14.6. The first-order chi connectivity index (χ1) is 11.0. The average Bonchev–Trinajstić information content (AvgIpc) is 2.56. The summed E-state index contributed by atoms with van der Waals surface area (Å²) in [6, 6.07) is 7.18. The van der Waals surface area contributed by atoms with Crippen molar-refractivity contribution in [3.8, 4) is 0 Å². The first kappa shape index (κ1) is 19.0. The van der Waals surface area contributed by atoms with Gasteiger partial charge in [-0.2, -0.15) is 0 Å². The van der Waals surface area contributed by atoms with Crippen molar-refractivity contribution in [2.75, 3.05) is 13.7 Å². The molecule has 0 spiro atoms. The third-order valence-corrected chi connectivity index (χ3v) is 3.71. The molecule has 2 amide bonds. The van der Waals surface area contributed by atoms with Gasteiger partial charge >= 0.3 is 12.0 Å². The van der Waals surface area contributed by atoms with E-state index in [1.165, 1.54) is 7.11 Å². The number of unbranched alkanes of at least 4 members (excludes halogenated alkanes) is 2. The van der Waals surface area contributed by atoms with Gasteiger partial charge in [0.25, 0.3) is 0 Å². The fraction of sp³-hybridized carbons (Fsp3) is 0.556. The van der Waals surface area contributed by atoms with Crippen LogP contribution < -0.4 is 5.32 Å². The van der Waals surface area contributed by atoms with Crippen LogP contribution in [0.3, 0.4) is 0 Å². The van der Waals surface area contributed by atoms with Gasteiger partial charge in [-0.3, -0.25) is 0 Å². The van der Waals surface area contributed by atoms with Crippen LogP contribution in [0.4, 0.5) is 4.79 Å². The maximum atomic E-state index is 12.3. The number of hydrogen-bond donors (Lipinski definition) is 1. The average molecular weight is 320 g/mol. The van der Waals surface area contributed by atoms with E-state index in [-0.39, 0.29) is 18.0 Å². The summed E-state index contributed by atoms with van der Waals surface area (Å²) in [5.74, 6) is -0.359. The summed E-state index contributed by atoms with van der Waals surface area (Å²) < 4.78 is 4.66. The first-order valence-corrected chi connectivity index (χ1v) is 8.21. The Morgan fingerprint density at radius 3 is 2.35 bits per heavy atom. The van der Waals surface area contributed by atoms with Gasteiger partial charge in [0.05, 0.1) is 12.7 Å². The van der Waals surface area contributed by atoms with E-state index in [9.17, 15) is 9.59 Å². The molecule has 0 atom stereocenters. The van der Waals surface area contributed by atoms with Gasteiger partial charge < -0.3 is 15.0 Å². The lowest BCUT2D eigenvalue weighted by Gasteiger charge is -2.27. The number of amides is 2. The molecule has 23 heavy (non-hydrogen) atoms. The van der Waals surface area contributed by atoms with E-state index in [1.807, 2.05) is 30.9 Å². The Bertz CT molecular complexity index is 497. The summed E-state index contributed by atoms with van der Waals surface area (Å²) in [5, 5.41) is 2.94. The second-order valence-corrected chi connectivity index (χ2v) is 5.84. The number of methoxy groups -OCH3 is 1. The van der Waals surface area contributed by atoms with Crippen LogP contribution in [0.25, 0.3) is 0 Å². The van der Waals surface area contributed by atoms with Gasteiger partial charge in [0, 0.05) is 19.1 Å². The Balaban J connectivity index is 2.54. The van der Waals surface area contributed by atoms with E-state index in [0.29, 0.717) is 12.1 Å². The summed E-state index contributed by atoms with van der Waals surface area (Å²) >= 11 is 0. The van der Waals surface area contributed by atoms with Crippen LogP contribution in [0.15, 0.2) is 24.3 Å². The molecule has 0 aromatic heterocycles. The van der Waals surface area contributed by atoms with Crippen molar-refractivity contribution in [3.05, 3.63) is 35.4 Å². The maximum Gasteiger partial charge on any atom is 0.337 e. The number of rotatable bonds is 8. The second kappa shape index (κ2) is 9.87. The number of hydrogen-bond acceptors (Lipinski definition) is 3. The fourth-order valence-corrected chi connectivity index (χ4v) is 2.28. The lowest BCUT2D eigenvalue weighted by atomic mass is 10.1. The van der Waals surface area contributed by atoms with Crippen molar-refractivity contribution in [1.82, 2.24) is 10.2 Å². The minimum Gasteiger partial charge on any atom is -0.465 e. The summed E-state index contributed by atoms with van der Waals surface area (Å²) in [4.78, 5) is 25.6. The predicted molar refractivity (Wildman–Crippen MR) is 91.4 cm³/mol. The molecule has 1 N–H and O–H groups in total. The molecule has 1 rings (SSSR count). The van der Waals surface area contributed by atoms with Gasteiger partial charge in [-0.25, -0.2) is 9.59 Å². The van der Waals surface area contributed by atoms with E-state index < -0.39 is 0 Å². The number of carbonyl (C=O) groups excluding carboxylic acids is 2. The van der Waals surface area contributed by atoms with Gasteiger partial charge in [-0.1, -0.05) is 31.9 Å². The largest absolute Gasteiger partial charge is 0.465 e. The van der Waals surface area contributed by atoms with Gasteiger partial charge in [0.15, 0.2) is 0 Å². The highest BCUT2D eigenvalue weighted by molar-refractivity contribution is 5.89. The van der Waals surface area contributed by atoms with E-state index in [1.54, 1.807) is 12.1 Å². The molecule has 1 aromatic rings. The van der Waals surface area contributed by atoms with E-state index in [0.717, 1.165) is 31.4 Å². The molecule has 0 aliphatic carbocycles. The lowest BCUT2D eigenvalue weighted by Crippen LogP contribution is -2.44. The Morgan fingerprint density at radius 1 is 1.17 bits per heavy atom. The van der Waals surface area contributed by atoms with Crippen LogP contribution in [-0.4, -0.2) is 36.6 Å². The third kappa shape index (κ3) is 6.30. The molecule has 0 fully saturated rings. The van der Waals surface area contributed by atoms with Crippen LogP contribution in [0.2, 0.25) is 0 Å². The van der Waals surface area contributed by atoms with Gasteiger partial charge in [0.1, 0.15) is 0 Å². The van der Waals surface area contributed by atoms with Crippen molar-refractivity contribution in [1.29, 1.82) is 0 Å². The number of esters is 1. The molecule has 0 aliphatic rings. The van der Waals surface area contributed by atoms with E-state index in [4.69, 9.17) is 0 Å². The minimum atomic E-state index is -0.359. The van der Waals surface area contributed by atoms with Crippen molar-refractivity contribution >= 4 is 12.0 Å². The molecule has 1 aromatic carbocycles. The molecule has 5 heteroatoms. The van der Waals surface area contributed by atoms with E-state index >= 15 is 0 Å². The number of carbonyl (C=O) groups is 2. The summed E-state index contributed by atoms with van der Waals surface area (Å²) in [6.07, 6.45) is 3.29. The number of urea groups is 1. The van der Waals surface area contributed by atoms with Crippen LogP contribution in [0.1, 0.15) is 56.0 Å². The third-order valence-electron chi connectivity index (χ3n) is 3.71. The minimum absolute atomic E-state index is 0.0480. The molecule has 128 valence electrons. The SMILES string of the molecule is CCCCCN(C(=O)NCc1ccc(C(=O)OC)cc1)C(C)C. The highest BCUT2D eigenvalue weighted by atomic mass is 16.5. The molecule has 0 unspecified atom stereocenters. The van der Waals surface area contributed by atoms with Gasteiger partial charge in [0.2, 0.25) is 0 Å². The van der Waals surface area contributed by atoms with Crippen molar-refractivity contribution in [2.24, 2.45) is 0 Å². The first-order valence-electron chi connectivity index (χ1n) is 8.21. The van der Waals surface area contributed by atoms with Gasteiger partial charge in [-0.15, -0.1) is 0 Å². The van der Waals surface area contributed by atoms with E-state index in [2.05, 4.69) is 17.0 Å². The van der Waals surface area contributed by atoms with Crippen LogP contribution in [0.5, 0.6) is 0 Å². The molecule has 0 aliphatic heterocycles. The zero-order chi connectivity index (χ0) is 17.2. The fourth-order valence-electron chi connectivity index (χ4n) is 2.28. The standard InChI is InChI=1S/C18H28N2O3/c1-5-6-7-12-20(14(2)3)18(22)19-13-15-8-10-16(11-9-15)17(21)23-4/h8-11,14H,5-7,12-13H2,1-4H3,(H,19,22). The van der Waals surface area contributed by atoms with Gasteiger partial charge in [-0.05, 0) is 38.0 Å². The summed E-state index contributed by atoms with van der Waals surface area (Å²) in [6.45, 7) is 7.42. The maximum absolute atomic E-state index is 12.3. The molecule has 0 bridgehead atoms. The van der Waals surface area contributed by atoms with Crippen molar-refractivity contribution < 1.29 is 14.3 Å².